The molecule has 3 rings (SSSR count). The zero-order valence-corrected chi connectivity index (χ0v) is 12.6. The average molecular weight is 274 g/mol. The summed E-state index contributed by atoms with van der Waals surface area (Å²) in [5.74, 6) is 2.55. The summed E-state index contributed by atoms with van der Waals surface area (Å²) in [7, 11) is 3.96. The topological polar surface area (TPSA) is 24.5 Å². The predicted octanol–water partition coefficient (Wildman–Crippen LogP) is 2.48. The van der Waals surface area contributed by atoms with E-state index < -0.39 is 0 Å². The summed E-state index contributed by atoms with van der Waals surface area (Å²) in [5.41, 5.74) is 1.43. The van der Waals surface area contributed by atoms with Gasteiger partial charge in [0, 0.05) is 12.6 Å². The minimum Gasteiger partial charge on any atom is -0.497 e. The van der Waals surface area contributed by atoms with Gasteiger partial charge in [0.1, 0.15) is 5.75 Å². The molecule has 2 fully saturated rings. The van der Waals surface area contributed by atoms with Crippen LogP contribution in [0.15, 0.2) is 24.3 Å². The van der Waals surface area contributed by atoms with Crippen molar-refractivity contribution >= 4 is 0 Å². The highest BCUT2D eigenvalue weighted by Gasteiger charge is 2.31. The van der Waals surface area contributed by atoms with E-state index in [0.717, 1.165) is 17.7 Å². The van der Waals surface area contributed by atoms with Crippen LogP contribution in [0.4, 0.5) is 0 Å². The Balaban J connectivity index is 1.42. The highest BCUT2D eigenvalue weighted by molar-refractivity contribution is 5.32. The Kier molecular flexibility index (Phi) is 4.27. The van der Waals surface area contributed by atoms with E-state index in [2.05, 4.69) is 35.5 Å². The maximum absolute atomic E-state index is 5.31. The first-order valence-electron chi connectivity index (χ1n) is 7.80. The number of nitrogens with one attached hydrogen (secondary N) is 1. The number of likely N-dealkylation sites (tertiary alicyclic amines) is 1. The molecule has 3 heteroatoms. The standard InChI is InChI=1S/C17H26N2O/c1-19-7-6-13(12-19)11-18-16-8-15(9-16)14-4-3-5-17(10-14)20-2/h3-5,10,13,15-16,18H,6-9,11-12H2,1-2H3. The summed E-state index contributed by atoms with van der Waals surface area (Å²) >= 11 is 0. The second-order valence-electron chi connectivity index (χ2n) is 6.47. The molecule has 1 heterocycles. The quantitative estimate of drug-likeness (QED) is 0.893. The third kappa shape index (κ3) is 3.15. The molecule has 110 valence electrons. The first kappa shape index (κ1) is 13.9. The van der Waals surface area contributed by atoms with Crippen molar-refractivity contribution in [3.8, 4) is 5.75 Å². The third-order valence-corrected chi connectivity index (χ3v) is 4.89. The van der Waals surface area contributed by atoms with Gasteiger partial charge in [-0.1, -0.05) is 12.1 Å². The van der Waals surface area contributed by atoms with Crippen molar-refractivity contribution < 1.29 is 4.74 Å². The molecule has 0 aromatic heterocycles. The monoisotopic (exact) mass is 274 g/mol. The molecule has 0 amide bonds. The number of methoxy groups -OCH3 is 1. The molecule has 1 saturated carbocycles. The number of nitrogens with zero attached hydrogens (tertiary/aromatic N) is 1. The number of hydrogen-bond donors (Lipinski definition) is 1. The Morgan fingerprint density at radius 1 is 1.35 bits per heavy atom. The van der Waals surface area contributed by atoms with Crippen LogP contribution >= 0.6 is 0 Å². The van der Waals surface area contributed by atoms with Crippen LogP contribution in [0.2, 0.25) is 0 Å². The smallest absolute Gasteiger partial charge is 0.119 e. The lowest BCUT2D eigenvalue weighted by atomic mass is 9.75. The van der Waals surface area contributed by atoms with Crippen LogP contribution in [-0.2, 0) is 0 Å². The zero-order chi connectivity index (χ0) is 13.9. The molecular formula is C17H26N2O. The van der Waals surface area contributed by atoms with Gasteiger partial charge in [0.25, 0.3) is 0 Å². The van der Waals surface area contributed by atoms with E-state index in [1.807, 2.05) is 6.07 Å². The molecular weight excluding hydrogens is 248 g/mol. The van der Waals surface area contributed by atoms with Crippen molar-refractivity contribution in [2.24, 2.45) is 5.92 Å². The number of ether oxygens (including phenoxy) is 1. The maximum atomic E-state index is 5.31. The van der Waals surface area contributed by atoms with Gasteiger partial charge in [-0.25, -0.2) is 0 Å². The molecule has 0 radical (unpaired) electrons. The van der Waals surface area contributed by atoms with Crippen molar-refractivity contribution in [1.82, 2.24) is 10.2 Å². The van der Waals surface area contributed by atoms with Crippen LogP contribution in [0.25, 0.3) is 0 Å². The van der Waals surface area contributed by atoms with Crippen molar-refractivity contribution in [3.05, 3.63) is 29.8 Å². The fourth-order valence-corrected chi connectivity index (χ4v) is 3.48. The van der Waals surface area contributed by atoms with E-state index in [1.165, 1.54) is 44.5 Å². The second-order valence-corrected chi connectivity index (χ2v) is 6.47. The maximum Gasteiger partial charge on any atom is 0.119 e. The minimum atomic E-state index is 0.717. The van der Waals surface area contributed by atoms with Crippen LogP contribution in [0, 0.1) is 5.92 Å². The first-order chi connectivity index (χ1) is 9.74. The van der Waals surface area contributed by atoms with Crippen LogP contribution in [0.5, 0.6) is 5.75 Å². The molecule has 1 aliphatic heterocycles. The molecule has 1 unspecified atom stereocenters. The van der Waals surface area contributed by atoms with Crippen LogP contribution in [-0.4, -0.2) is 44.7 Å². The number of rotatable bonds is 5. The largest absolute Gasteiger partial charge is 0.497 e. The van der Waals surface area contributed by atoms with Crippen LogP contribution in [0.3, 0.4) is 0 Å². The lowest BCUT2D eigenvalue weighted by molar-refractivity contribution is 0.274. The highest BCUT2D eigenvalue weighted by atomic mass is 16.5. The van der Waals surface area contributed by atoms with Gasteiger partial charge in [-0.15, -0.1) is 0 Å². The van der Waals surface area contributed by atoms with Crippen molar-refractivity contribution in [2.45, 2.75) is 31.2 Å². The molecule has 20 heavy (non-hydrogen) atoms. The Bertz CT molecular complexity index is 442. The van der Waals surface area contributed by atoms with E-state index in [4.69, 9.17) is 4.74 Å². The van der Waals surface area contributed by atoms with Crippen molar-refractivity contribution in [2.75, 3.05) is 33.8 Å². The summed E-state index contributed by atoms with van der Waals surface area (Å²) in [6.45, 7) is 3.72. The fourth-order valence-electron chi connectivity index (χ4n) is 3.48. The summed E-state index contributed by atoms with van der Waals surface area (Å²) in [6.07, 6.45) is 3.90. The molecule has 1 atom stereocenters. The van der Waals surface area contributed by atoms with Gasteiger partial charge in [-0.2, -0.15) is 0 Å². The van der Waals surface area contributed by atoms with Gasteiger partial charge < -0.3 is 15.0 Å². The summed E-state index contributed by atoms with van der Waals surface area (Å²) in [5, 5.41) is 3.75. The molecule has 0 bridgehead atoms. The van der Waals surface area contributed by atoms with Gasteiger partial charge in [-0.3, -0.25) is 0 Å². The SMILES string of the molecule is COc1cccc(C2CC(NCC3CCN(C)C3)C2)c1. The molecule has 0 spiro atoms. The van der Waals surface area contributed by atoms with E-state index in [0.29, 0.717) is 5.92 Å². The van der Waals surface area contributed by atoms with E-state index >= 15 is 0 Å². The third-order valence-electron chi connectivity index (χ3n) is 4.89. The molecule has 1 N–H and O–H groups in total. The van der Waals surface area contributed by atoms with Crippen LogP contribution in [0.1, 0.15) is 30.7 Å². The second kappa shape index (κ2) is 6.15. The van der Waals surface area contributed by atoms with Gasteiger partial charge in [-0.05, 0) is 68.9 Å². The highest BCUT2D eigenvalue weighted by Crippen LogP contribution is 2.38. The predicted molar refractivity (Wildman–Crippen MR) is 82.4 cm³/mol. The Hall–Kier alpha value is -1.06. The van der Waals surface area contributed by atoms with Gasteiger partial charge in [0.15, 0.2) is 0 Å². The Labute approximate surface area is 122 Å². The molecule has 2 aliphatic rings. The fraction of sp³-hybridized carbons (Fsp3) is 0.647. The number of benzene rings is 1. The lowest BCUT2D eigenvalue weighted by Crippen LogP contribution is -2.42. The van der Waals surface area contributed by atoms with Crippen LogP contribution < -0.4 is 10.1 Å². The van der Waals surface area contributed by atoms with Gasteiger partial charge in [0.05, 0.1) is 7.11 Å². The minimum absolute atomic E-state index is 0.717. The lowest BCUT2D eigenvalue weighted by Gasteiger charge is -2.37. The normalized spacial score (nSPS) is 30.2. The summed E-state index contributed by atoms with van der Waals surface area (Å²) in [6, 6.07) is 9.26. The zero-order valence-electron chi connectivity index (χ0n) is 12.6. The molecule has 1 aliphatic carbocycles. The molecule has 1 saturated heterocycles. The molecule has 1 aromatic carbocycles. The van der Waals surface area contributed by atoms with Crippen molar-refractivity contribution in [1.29, 1.82) is 0 Å². The number of hydrogen-bond acceptors (Lipinski definition) is 3. The Morgan fingerprint density at radius 3 is 2.90 bits per heavy atom. The van der Waals surface area contributed by atoms with Gasteiger partial charge in [0.2, 0.25) is 0 Å². The summed E-state index contributed by atoms with van der Waals surface area (Å²) in [4.78, 5) is 2.44. The van der Waals surface area contributed by atoms with Crippen molar-refractivity contribution in [3.63, 3.8) is 0 Å². The van der Waals surface area contributed by atoms with E-state index in [1.54, 1.807) is 7.11 Å². The molecule has 1 aromatic rings. The van der Waals surface area contributed by atoms with E-state index in [-0.39, 0.29) is 0 Å². The molecule has 3 nitrogen and oxygen atoms in total. The average Bonchev–Trinajstić information content (AvgIpc) is 2.83. The summed E-state index contributed by atoms with van der Waals surface area (Å²) < 4.78 is 5.31. The Morgan fingerprint density at radius 2 is 2.20 bits per heavy atom. The van der Waals surface area contributed by atoms with E-state index in [9.17, 15) is 0 Å². The first-order valence-corrected chi connectivity index (χ1v) is 7.80. The van der Waals surface area contributed by atoms with Gasteiger partial charge >= 0.3 is 0 Å².